The molecule has 1 aliphatic heterocycles. The zero-order valence-electron chi connectivity index (χ0n) is 12.1. The summed E-state index contributed by atoms with van der Waals surface area (Å²) in [6.45, 7) is 0.683. The van der Waals surface area contributed by atoms with Crippen LogP contribution in [0.1, 0.15) is 32.1 Å². The van der Waals surface area contributed by atoms with E-state index in [1.165, 1.54) is 11.1 Å². The van der Waals surface area contributed by atoms with Crippen molar-refractivity contribution < 1.29 is 14.6 Å². The molecule has 1 N–H and O–H groups in total. The molecule has 1 unspecified atom stereocenters. The quantitative estimate of drug-likeness (QED) is 0.753. The number of aliphatic carboxylic acids is 1. The molecule has 0 aromatic heterocycles. The van der Waals surface area contributed by atoms with Gasteiger partial charge in [0.15, 0.2) is 0 Å². The summed E-state index contributed by atoms with van der Waals surface area (Å²) in [6, 6.07) is 0. The zero-order valence-corrected chi connectivity index (χ0v) is 13.7. The van der Waals surface area contributed by atoms with Gasteiger partial charge in [-0.3, -0.25) is 4.79 Å². The van der Waals surface area contributed by atoms with Gasteiger partial charge in [-0.05, 0) is 61.3 Å². The van der Waals surface area contributed by atoms with Crippen molar-refractivity contribution in [1.82, 2.24) is 0 Å². The average Bonchev–Trinajstić information content (AvgIpc) is 2.47. The Kier molecular flexibility index (Phi) is 5.49. The molecule has 0 saturated heterocycles. The van der Waals surface area contributed by atoms with Gasteiger partial charge in [0.05, 0.1) is 10.3 Å². The minimum Gasteiger partial charge on any atom is -0.497 e. The number of allylic oxidation sites excluding steroid dienone is 2. The second kappa shape index (κ2) is 6.94. The average molecular weight is 314 g/mol. The van der Waals surface area contributed by atoms with Crippen LogP contribution in [0, 0.1) is 5.92 Å². The lowest BCUT2D eigenvalue weighted by atomic mass is 9.79. The Morgan fingerprint density at radius 3 is 2.90 bits per heavy atom. The van der Waals surface area contributed by atoms with E-state index in [2.05, 4.69) is 18.6 Å². The molecule has 112 valence electrons. The van der Waals surface area contributed by atoms with Crippen LogP contribution >= 0.6 is 23.5 Å². The molecule has 0 saturated carbocycles. The van der Waals surface area contributed by atoms with Crippen LogP contribution in [0.4, 0.5) is 0 Å². The molecule has 2 aliphatic rings. The maximum absolute atomic E-state index is 10.7. The molecule has 0 radical (unpaired) electrons. The van der Waals surface area contributed by atoms with E-state index in [0.717, 1.165) is 25.7 Å². The molecule has 0 spiro atoms. The monoisotopic (exact) mass is 314 g/mol. The van der Waals surface area contributed by atoms with Gasteiger partial charge in [-0.25, -0.2) is 0 Å². The minimum absolute atomic E-state index is 0.142. The third kappa shape index (κ3) is 3.19. The Labute approximate surface area is 129 Å². The summed E-state index contributed by atoms with van der Waals surface area (Å²) in [5.41, 5.74) is 2.81. The van der Waals surface area contributed by atoms with Crippen molar-refractivity contribution >= 4 is 29.5 Å². The molecule has 0 aromatic rings. The van der Waals surface area contributed by atoms with Crippen molar-refractivity contribution in [1.29, 1.82) is 0 Å². The molecule has 3 nitrogen and oxygen atoms in total. The largest absolute Gasteiger partial charge is 0.497 e. The van der Waals surface area contributed by atoms with Crippen LogP contribution in [0.5, 0.6) is 0 Å². The molecule has 2 rings (SSSR count). The summed E-state index contributed by atoms with van der Waals surface area (Å²) in [7, 11) is 0. The summed E-state index contributed by atoms with van der Waals surface area (Å²) in [6.07, 6.45) is 12.5. The van der Waals surface area contributed by atoms with Gasteiger partial charge < -0.3 is 9.84 Å². The third-order valence-electron chi connectivity index (χ3n) is 4.24. The highest BCUT2D eigenvalue weighted by Gasteiger charge is 2.41. The molecular formula is C15H22O3S2. The van der Waals surface area contributed by atoms with Crippen LogP contribution < -0.4 is 0 Å². The summed E-state index contributed by atoms with van der Waals surface area (Å²) < 4.78 is 5.67. The van der Waals surface area contributed by atoms with Crippen LogP contribution in [0.15, 0.2) is 23.5 Å². The van der Waals surface area contributed by atoms with E-state index in [1.807, 2.05) is 23.5 Å². The predicted octanol–water partition coefficient (Wildman–Crippen LogP) is 3.91. The molecule has 0 amide bonds. The Balaban J connectivity index is 2.17. The Morgan fingerprint density at radius 2 is 2.25 bits per heavy atom. The summed E-state index contributed by atoms with van der Waals surface area (Å²) in [5, 5.41) is 8.78. The van der Waals surface area contributed by atoms with E-state index in [9.17, 15) is 4.79 Å². The third-order valence-corrected chi connectivity index (χ3v) is 7.46. The van der Waals surface area contributed by atoms with Crippen molar-refractivity contribution in [2.24, 2.45) is 5.92 Å². The second-order valence-corrected chi connectivity index (χ2v) is 7.70. The lowest BCUT2D eigenvalue weighted by Gasteiger charge is -2.42. The molecule has 20 heavy (non-hydrogen) atoms. The topological polar surface area (TPSA) is 46.5 Å². The van der Waals surface area contributed by atoms with Gasteiger partial charge in [0.2, 0.25) is 0 Å². The van der Waals surface area contributed by atoms with Gasteiger partial charge in [-0.2, -0.15) is 0 Å². The Bertz CT molecular complexity index is 425. The van der Waals surface area contributed by atoms with Gasteiger partial charge in [-0.15, -0.1) is 23.5 Å². The minimum atomic E-state index is -0.694. The van der Waals surface area contributed by atoms with E-state index in [-0.39, 0.29) is 10.5 Å². The zero-order chi connectivity index (χ0) is 14.6. The first-order chi connectivity index (χ1) is 9.63. The number of carbonyl (C=O) groups is 1. The molecule has 5 heteroatoms. The van der Waals surface area contributed by atoms with E-state index >= 15 is 0 Å². The number of hydrogen-bond acceptors (Lipinski definition) is 4. The van der Waals surface area contributed by atoms with Crippen molar-refractivity contribution in [2.45, 2.75) is 36.2 Å². The molecule has 0 bridgehead atoms. The molecule has 0 aromatic carbocycles. The maximum atomic E-state index is 10.7. The first kappa shape index (κ1) is 15.8. The normalized spacial score (nSPS) is 24.2. The molecular weight excluding hydrogens is 292 g/mol. The van der Waals surface area contributed by atoms with E-state index in [0.29, 0.717) is 12.5 Å². The number of hydrogen-bond donors (Lipinski definition) is 1. The first-order valence-corrected chi connectivity index (χ1v) is 9.41. The van der Waals surface area contributed by atoms with Crippen molar-refractivity contribution in [3.8, 4) is 0 Å². The van der Waals surface area contributed by atoms with Crippen LogP contribution in [0.25, 0.3) is 0 Å². The fraction of sp³-hybridized carbons (Fsp3) is 0.667. The number of carboxylic acid groups (broad SMARTS) is 1. The van der Waals surface area contributed by atoms with E-state index in [1.54, 1.807) is 6.26 Å². The fourth-order valence-corrected chi connectivity index (χ4v) is 5.31. The summed E-state index contributed by atoms with van der Waals surface area (Å²) in [5.74, 6) is -0.197. The van der Waals surface area contributed by atoms with Crippen molar-refractivity contribution in [2.75, 3.05) is 19.1 Å². The van der Waals surface area contributed by atoms with Crippen LogP contribution in [-0.2, 0) is 9.53 Å². The summed E-state index contributed by atoms with van der Waals surface area (Å²) in [4.78, 5) is 10.7. The van der Waals surface area contributed by atoms with Gasteiger partial charge in [0.1, 0.15) is 6.61 Å². The highest BCUT2D eigenvalue weighted by Crippen LogP contribution is 2.52. The molecule has 1 atom stereocenters. The van der Waals surface area contributed by atoms with Crippen molar-refractivity contribution in [3.63, 3.8) is 0 Å². The molecule has 1 aliphatic carbocycles. The predicted molar refractivity (Wildman–Crippen MR) is 86.1 cm³/mol. The Morgan fingerprint density at radius 1 is 1.50 bits per heavy atom. The lowest BCUT2D eigenvalue weighted by molar-refractivity contribution is -0.137. The van der Waals surface area contributed by atoms with Gasteiger partial charge in [0, 0.05) is 6.42 Å². The van der Waals surface area contributed by atoms with E-state index < -0.39 is 5.97 Å². The second-order valence-electron chi connectivity index (χ2n) is 5.23. The van der Waals surface area contributed by atoms with Crippen molar-refractivity contribution in [3.05, 3.63) is 23.5 Å². The number of thioether (sulfide) groups is 2. The smallest absolute Gasteiger partial charge is 0.303 e. The van der Waals surface area contributed by atoms with Gasteiger partial charge in [-0.1, -0.05) is 0 Å². The highest BCUT2D eigenvalue weighted by molar-refractivity contribution is 8.18. The van der Waals surface area contributed by atoms with Gasteiger partial charge >= 0.3 is 5.97 Å². The Hall–Kier alpha value is -0.550. The maximum Gasteiger partial charge on any atom is 0.303 e. The van der Waals surface area contributed by atoms with Crippen LogP contribution in [-0.4, -0.2) is 34.3 Å². The number of rotatable bonds is 6. The number of ether oxygens (including phenoxy) is 1. The molecule has 0 fully saturated rings. The standard InChI is InChI=1S/C15H22O3S2/c1-19-15(20-2)8-6-11(4-3-5-14(16)17)12-7-9-18-10-13(12)15/h7,9,11H,3-6,8,10H2,1-2H3,(H,16,17). The highest BCUT2D eigenvalue weighted by atomic mass is 32.2. The van der Waals surface area contributed by atoms with Crippen LogP contribution in [0.2, 0.25) is 0 Å². The first-order valence-electron chi connectivity index (χ1n) is 6.96. The SMILES string of the molecule is CSC1(SC)CCC(CCCC(=O)O)C2=C1COC=C2. The fourth-order valence-electron chi connectivity index (χ4n) is 3.15. The number of carboxylic acids is 1. The molecule has 1 heterocycles. The lowest BCUT2D eigenvalue weighted by Crippen LogP contribution is -2.34. The van der Waals surface area contributed by atoms with Gasteiger partial charge in [0.25, 0.3) is 0 Å². The van der Waals surface area contributed by atoms with Crippen LogP contribution in [0.3, 0.4) is 0 Å². The van der Waals surface area contributed by atoms with E-state index in [4.69, 9.17) is 9.84 Å². The summed E-state index contributed by atoms with van der Waals surface area (Å²) >= 11 is 3.81.